The molecule has 26 heavy (non-hydrogen) atoms. The summed E-state index contributed by atoms with van der Waals surface area (Å²) in [7, 11) is 0. The normalized spacial score (nSPS) is 15.1. The first-order valence-electron chi connectivity index (χ1n) is 8.56. The molecule has 3 heterocycles. The van der Waals surface area contributed by atoms with Crippen LogP contribution in [-0.4, -0.2) is 33.6 Å². The molecule has 0 amide bonds. The molecule has 3 aromatic rings. The molecular formula is C19H19ClN4OS. The zero-order valence-corrected chi connectivity index (χ0v) is 15.7. The number of nitrogens with one attached hydrogen (secondary N) is 2. The van der Waals surface area contributed by atoms with Crippen LogP contribution in [0.15, 0.2) is 53.4 Å². The number of H-pyrrole nitrogens is 1. The lowest BCUT2D eigenvalue weighted by Crippen LogP contribution is -2.17. The van der Waals surface area contributed by atoms with Crippen LogP contribution >= 0.6 is 23.4 Å². The van der Waals surface area contributed by atoms with Crippen molar-refractivity contribution in [3.8, 4) is 11.3 Å². The number of hydrogen-bond acceptors (Lipinski definition) is 5. The molecule has 2 aromatic heterocycles. The highest BCUT2D eigenvalue weighted by Crippen LogP contribution is 2.33. The summed E-state index contributed by atoms with van der Waals surface area (Å²) in [5.41, 5.74) is 2.04. The summed E-state index contributed by atoms with van der Waals surface area (Å²) in [5, 5.41) is 11.6. The van der Waals surface area contributed by atoms with E-state index in [-0.39, 0.29) is 0 Å². The van der Waals surface area contributed by atoms with Gasteiger partial charge in [-0.1, -0.05) is 41.9 Å². The summed E-state index contributed by atoms with van der Waals surface area (Å²) in [6.07, 6.45) is 2.13. The van der Waals surface area contributed by atoms with Crippen LogP contribution in [-0.2, 0) is 4.74 Å². The van der Waals surface area contributed by atoms with E-state index in [1.165, 1.54) is 0 Å². The second-order valence-electron chi connectivity index (χ2n) is 6.10. The largest absolute Gasteiger partial charge is 0.381 e. The first-order chi connectivity index (χ1) is 12.8. The van der Waals surface area contributed by atoms with Crippen molar-refractivity contribution >= 4 is 35.0 Å². The van der Waals surface area contributed by atoms with Gasteiger partial charge in [-0.05, 0) is 30.5 Å². The van der Waals surface area contributed by atoms with Gasteiger partial charge in [0.25, 0.3) is 0 Å². The second kappa shape index (κ2) is 8.12. The lowest BCUT2D eigenvalue weighted by atomic mass is 10.2. The average Bonchev–Trinajstić information content (AvgIpc) is 3.11. The Hall–Kier alpha value is -2.02. The topological polar surface area (TPSA) is 62.8 Å². The van der Waals surface area contributed by atoms with E-state index in [4.69, 9.17) is 16.3 Å². The number of rotatable bonds is 5. The highest BCUT2D eigenvalue weighted by atomic mass is 35.5. The fraction of sp³-hybridized carbons (Fsp3) is 0.263. The van der Waals surface area contributed by atoms with Crippen molar-refractivity contribution in [1.82, 2.24) is 15.2 Å². The van der Waals surface area contributed by atoms with Crippen LogP contribution in [0.4, 0.5) is 11.6 Å². The molecule has 0 atom stereocenters. The molecule has 2 N–H and O–H groups in total. The van der Waals surface area contributed by atoms with E-state index in [9.17, 15) is 0 Å². The molecule has 0 saturated carbocycles. The van der Waals surface area contributed by atoms with Gasteiger partial charge >= 0.3 is 0 Å². The molecule has 1 aliphatic heterocycles. The van der Waals surface area contributed by atoms with Gasteiger partial charge in [0, 0.05) is 29.4 Å². The minimum absolute atomic E-state index is 0.475. The summed E-state index contributed by atoms with van der Waals surface area (Å²) < 4.78 is 5.43. The van der Waals surface area contributed by atoms with Crippen LogP contribution in [0.1, 0.15) is 12.8 Å². The third-order valence-corrected chi connectivity index (χ3v) is 5.66. The van der Waals surface area contributed by atoms with Gasteiger partial charge in [-0.25, -0.2) is 4.98 Å². The van der Waals surface area contributed by atoms with Crippen LogP contribution < -0.4 is 5.32 Å². The molecule has 0 bridgehead atoms. The van der Waals surface area contributed by atoms with Gasteiger partial charge in [0.15, 0.2) is 5.82 Å². The molecule has 1 saturated heterocycles. The third kappa shape index (κ3) is 4.38. The molecule has 0 radical (unpaired) electrons. The van der Waals surface area contributed by atoms with E-state index in [1.54, 1.807) is 0 Å². The van der Waals surface area contributed by atoms with Crippen LogP contribution in [0, 0.1) is 0 Å². The van der Waals surface area contributed by atoms with Gasteiger partial charge < -0.3 is 10.1 Å². The number of benzene rings is 1. The van der Waals surface area contributed by atoms with Gasteiger partial charge in [0.05, 0.1) is 5.69 Å². The van der Waals surface area contributed by atoms with Crippen LogP contribution in [0.2, 0.25) is 5.15 Å². The summed E-state index contributed by atoms with van der Waals surface area (Å²) in [6, 6.07) is 16.0. The van der Waals surface area contributed by atoms with Gasteiger partial charge in [-0.3, -0.25) is 5.10 Å². The monoisotopic (exact) mass is 386 g/mol. The zero-order valence-electron chi connectivity index (χ0n) is 14.1. The van der Waals surface area contributed by atoms with E-state index >= 15 is 0 Å². The summed E-state index contributed by atoms with van der Waals surface area (Å²) >= 11 is 8.05. The van der Waals surface area contributed by atoms with E-state index in [2.05, 4.69) is 20.5 Å². The molecule has 7 heteroatoms. The van der Waals surface area contributed by atoms with Crippen LogP contribution in [0.25, 0.3) is 11.3 Å². The van der Waals surface area contributed by atoms with Gasteiger partial charge in [-0.2, -0.15) is 5.10 Å². The molecule has 4 rings (SSSR count). The Morgan fingerprint density at radius 2 is 1.88 bits per heavy atom. The quantitative estimate of drug-likeness (QED) is 0.594. The molecule has 1 aliphatic rings. The van der Waals surface area contributed by atoms with Gasteiger partial charge in [0.1, 0.15) is 11.0 Å². The van der Waals surface area contributed by atoms with Crippen LogP contribution in [0.5, 0.6) is 0 Å². The predicted octanol–water partition coefficient (Wildman–Crippen LogP) is 5.14. The number of anilines is 2. The average molecular weight is 387 g/mol. The number of nitrogens with zero attached hydrogens (tertiary/aromatic N) is 2. The van der Waals surface area contributed by atoms with Gasteiger partial charge in [0.2, 0.25) is 0 Å². The maximum atomic E-state index is 6.22. The molecule has 1 fully saturated rings. The molecule has 5 nitrogen and oxygen atoms in total. The Labute approximate surface area is 161 Å². The van der Waals surface area contributed by atoms with E-state index in [0.29, 0.717) is 22.0 Å². The maximum Gasteiger partial charge on any atom is 0.153 e. The SMILES string of the molecule is Clc1cc(SC2CCOCC2)cc(Nc2cc(-c3ccccc3)[nH]n2)n1. The molecule has 1 aromatic carbocycles. The van der Waals surface area contributed by atoms with Crippen molar-refractivity contribution in [3.05, 3.63) is 53.7 Å². The zero-order chi connectivity index (χ0) is 17.8. The van der Waals surface area contributed by atoms with Crippen molar-refractivity contribution in [2.45, 2.75) is 23.0 Å². The van der Waals surface area contributed by atoms with E-state index < -0.39 is 0 Å². The van der Waals surface area contributed by atoms with Gasteiger partial charge in [-0.15, -0.1) is 11.8 Å². The summed E-state index contributed by atoms with van der Waals surface area (Å²) in [6.45, 7) is 1.66. The predicted molar refractivity (Wildman–Crippen MR) is 106 cm³/mol. The third-order valence-electron chi connectivity index (χ3n) is 4.16. The molecule has 134 valence electrons. The Bertz CT molecular complexity index is 865. The number of aromatic amines is 1. The molecular weight excluding hydrogens is 368 g/mol. The van der Waals surface area contributed by atoms with Crippen molar-refractivity contribution in [3.63, 3.8) is 0 Å². The van der Waals surface area contributed by atoms with Crippen molar-refractivity contribution in [2.75, 3.05) is 18.5 Å². The van der Waals surface area contributed by atoms with E-state index in [0.717, 1.165) is 42.2 Å². The Morgan fingerprint density at radius 1 is 1.08 bits per heavy atom. The lowest BCUT2D eigenvalue weighted by molar-refractivity contribution is 0.100. The van der Waals surface area contributed by atoms with Crippen LogP contribution in [0.3, 0.4) is 0 Å². The Balaban J connectivity index is 1.48. The van der Waals surface area contributed by atoms with E-state index in [1.807, 2.05) is 60.3 Å². The smallest absolute Gasteiger partial charge is 0.153 e. The maximum absolute atomic E-state index is 6.22. The number of ether oxygens (including phenoxy) is 1. The fourth-order valence-corrected chi connectivity index (χ4v) is 4.32. The summed E-state index contributed by atoms with van der Waals surface area (Å²) in [4.78, 5) is 5.48. The highest BCUT2D eigenvalue weighted by molar-refractivity contribution is 8.00. The Morgan fingerprint density at radius 3 is 2.69 bits per heavy atom. The fourth-order valence-electron chi connectivity index (χ4n) is 2.87. The summed E-state index contributed by atoms with van der Waals surface area (Å²) in [5.74, 6) is 1.40. The minimum Gasteiger partial charge on any atom is -0.381 e. The lowest BCUT2D eigenvalue weighted by Gasteiger charge is -2.21. The number of thioether (sulfide) groups is 1. The highest BCUT2D eigenvalue weighted by Gasteiger charge is 2.16. The Kier molecular flexibility index (Phi) is 5.43. The van der Waals surface area contributed by atoms with Crippen molar-refractivity contribution in [1.29, 1.82) is 0 Å². The number of halogens is 1. The first-order valence-corrected chi connectivity index (χ1v) is 9.82. The standard InChI is InChI=1S/C19H19ClN4OS/c20-17-10-15(26-14-6-8-25-9-7-14)11-18(21-17)22-19-12-16(23-24-19)13-4-2-1-3-5-13/h1-5,10-12,14H,6-9H2,(H2,21,22,23,24). The first kappa shape index (κ1) is 17.4. The van der Waals surface area contributed by atoms with Crippen molar-refractivity contribution < 1.29 is 4.74 Å². The minimum atomic E-state index is 0.475. The van der Waals surface area contributed by atoms with Crippen molar-refractivity contribution in [2.24, 2.45) is 0 Å². The number of pyridine rings is 1. The second-order valence-corrected chi connectivity index (χ2v) is 7.86. The molecule has 0 spiro atoms. The number of hydrogen-bond donors (Lipinski definition) is 2. The molecule has 0 aliphatic carbocycles. The molecule has 0 unspecified atom stereocenters. The number of aromatic nitrogens is 3.